The molecular formula is C9H10OS3. The van der Waals surface area contributed by atoms with E-state index in [1.165, 1.54) is 4.90 Å². The number of hydrogen-bond donors (Lipinski definition) is 0. The third-order valence-corrected chi connectivity index (χ3v) is 3.78. The first kappa shape index (κ1) is 10.9. The van der Waals surface area contributed by atoms with Crippen LogP contribution < -0.4 is 0 Å². The maximum atomic E-state index is 4.90. The van der Waals surface area contributed by atoms with Crippen molar-refractivity contribution in [3.05, 3.63) is 30.3 Å². The molecule has 1 aromatic carbocycles. The van der Waals surface area contributed by atoms with Gasteiger partial charge >= 0.3 is 0 Å². The number of benzene rings is 1. The van der Waals surface area contributed by atoms with Gasteiger partial charge in [0, 0.05) is 4.90 Å². The smallest absolute Gasteiger partial charge is 0.220 e. The van der Waals surface area contributed by atoms with E-state index in [4.69, 9.17) is 17.0 Å². The van der Waals surface area contributed by atoms with E-state index < -0.39 is 0 Å². The highest BCUT2D eigenvalue weighted by Gasteiger charge is 1.96. The normalized spacial score (nSPS) is 9.62. The Morgan fingerprint density at radius 2 is 2.08 bits per heavy atom. The van der Waals surface area contributed by atoms with E-state index in [1.54, 1.807) is 30.6 Å². The van der Waals surface area contributed by atoms with Gasteiger partial charge in [0.1, 0.15) is 0 Å². The van der Waals surface area contributed by atoms with Gasteiger partial charge in [-0.25, -0.2) is 0 Å². The molecule has 1 rings (SSSR count). The molecule has 0 amide bonds. The highest BCUT2D eigenvalue weighted by molar-refractivity contribution is 8.29. The van der Waals surface area contributed by atoms with Crippen molar-refractivity contribution in [3.8, 4) is 0 Å². The molecule has 0 heterocycles. The predicted molar refractivity (Wildman–Crippen MR) is 64.4 cm³/mol. The summed E-state index contributed by atoms with van der Waals surface area (Å²) in [5.41, 5.74) is 0. The first-order valence-electron chi connectivity index (χ1n) is 3.71. The standard InChI is InChI=1S/C9H10OS3/c1-10-9(11)13-7-12-8-5-3-2-4-6-8/h2-6H,7H2,1H3. The molecule has 0 fully saturated rings. The topological polar surface area (TPSA) is 9.23 Å². The summed E-state index contributed by atoms with van der Waals surface area (Å²) in [6.45, 7) is 0. The lowest BCUT2D eigenvalue weighted by Crippen LogP contribution is -1.89. The van der Waals surface area contributed by atoms with Crippen molar-refractivity contribution in [2.75, 3.05) is 12.2 Å². The van der Waals surface area contributed by atoms with Gasteiger partial charge in [0.15, 0.2) is 0 Å². The highest BCUT2D eigenvalue weighted by Crippen LogP contribution is 2.22. The van der Waals surface area contributed by atoms with Crippen LogP contribution in [0.1, 0.15) is 0 Å². The van der Waals surface area contributed by atoms with Crippen LogP contribution in [-0.4, -0.2) is 16.6 Å². The van der Waals surface area contributed by atoms with Crippen LogP contribution in [-0.2, 0) is 4.74 Å². The second kappa shape index (κ2) is 6.29. The maximum absolute atomic E-state index is 4.90. The van der Waals surface area contributed by atoms with Crippen molar-refractivity contribution in [1.29, 1.82) is 0 Å². The number of hydrogen-bond acceptors (Lipinski definition) is 4. The second-order valence-corrected chi connectivity index (χ2v) is 5.17. The third kappa shape index (κ3) is 4.55. The molecule has 0 aromatic heterocycles. The summed E-state index contributed by atoms with van der Waals surface area (Å²) >= 11 is 8.20. The summed E-state index contributed by atoms with van der Waals surface area (Å²) < 4.78 is 5.47. The molecule has 0 aliphatic heterocycles. The number of methoxy groups -OCH3 is 1. The van der Waals surface area contributed by atoms with Gasteiger partial charge in [0.25, 0.3) is 0 Å². The second-order valence-electron chi connectivity index (χ2n) is 2.17. The Balaban J connectivity index is 2.24. The van der Waals surface area contributed by atoms with Gasteiger partial charge in [-0.2, -0.15) is 0 Å². The molecule has 1 nitrogen and oxygen atoms in total. The van der Waals surface area contributed by atoms with Gasteiger partial charge in [-0.15, -0.1) is 11.8 Å². The lowest BCUT2D eigenvalue weighted by Gasteiger charge is -2.01. The average molecular weight is 230 g/mol. The Morgan fingerprint density at radius 3 is 2.69 bits per heavy atom. The van der Waals surface area contributed by atoms with Crippen LogP contribution in [0.15, 0.2) is 35.2 Å². The molecule has 0 spiro atoms. The zero-order valence-corrected chi connectivity index (χ0v) is 9.68. The first-order chi connectivity index (χ1) is 6.33. The Morgan fingerprint density at radius 1 is 1.38 bits per heavy atom. The quantitative estimate of drug-likeness (QED) is 0.447. The zero-order chi connectivity index (χ0) is 9.52. The molecule has 70 valence electrons. The van der Waals surface area contributed by atoms with Crippen molar-refractivity contribution in [2.24, 2.45) is 0 Å². The lowest BCUT2D eigenvalue weighted by atomic mass is 10.4. The van der Waals surface area contributed by atoms with Gasteiger partial charge in [-0.3, -0.25) is 0 Å². The van der Waals surface area contributed by atoms with Gasteiger partial charge in [-0.1, -0.05) is 30.0 Å². The molecule has 0 unspecified atom stereocenters. The van der Waals surface area contributed by atoms with E-state index in [0.29, 0.717) is 4.38 Å². The Kier molecular flexibility index (Phi) is 5.27. The van der Waals surface area contributed by atoms with E-state index in [9.17, 15) is 0 Å². The van der Waals surface area contributed by atoms with E-state index >= 15 is 0 Å². The van der Waals surface area contributed by atoms with Crippen molar-refractivity contribution in [3.63, 3.8) is 0 Å². The van der Waals surface area contributed by atoms with Gasteiger partial charge in [0.05, 0.1) is 12.2 Å². The minimum absolute atomic E-state index is 0.600. The van der Waals surface area contributed by atoms with Crippen LogP contribution in [0.2, 0.25) is 0 Å². The highest BCUT2D eigenvalue weighted by atomic mass is 32.2. The van der Waals surface area contributed by atoms with Crippen LogP contribution >= 0.6 is 35.7 Å². The molecule has 4 heteroatoms. The van der Waals surface area contributed by atoms with Gasteiger partial charge in [0.2, 0.25) is 4.38 Å². The van der Waals surface area contributed by atoms with E-state index in [-0.39, 0.29) is 0 Å². The van der Waals surface area contributed by atoms with Gasteiger partial charge < -0.3 is 4.74 Å². The summed E-state index contributed by atoms with van der Waals surface area (Å²) in [4.78, 5) is 1.26. The summed E-state index contributed by atoms with van der Waals surface area (Å²) in [5, 5.41) is 0.899. The average Bonchev–Trinajstić information content (AvgIpc) is 2.19. The molecule has 13 heavy (non-hydrogen) atoms. The number of thiocarbonyl (C=S) groups is 1. The maximum Gasteiger partial charge on any atom is 0.220 e. The van der Waals surface area contributed by atoms with Crippen LogP contribution in [0.4, 0.5) is 0 Å². The zero-order valence-electron chi connectivity index (χ0n) is 7.23. The fourth-order valence-corrected chi connectivity index (χ4v) is 2.79. The lowest BCUT2D eigenvalue weighted by molar-refractivity contribution is 0.426. The minimum Gasteiger partial charge on any atom is -0.482 e. The van der Waals surface area contributed by atoms with Crippen LogP contribution in [0.3, 0.4) is 0 Å². The monoisotopic (exact) mass is 230 g/mol. The summed E-state index contributed by atoms with van der Waals surface area (Å²) in [5.74, 6) is 0. The predicted octanol–water partition coefficient (Wildman–Crippen LogP) is 3.40. The fraction of sp³-hybridized carbons (Fsp3) is 0.222. The summed E-state index contributed by atoms with van der Waals surface area (Å²) in [6, 6.07) is 10.2. The van der Waals surface area contributed by atoms with Crippen molar-refractivity contribution in [2.45, 2.75) is 4.90 Å². The van der Waals surface area contributed by atoms with Gasteiger partial charge in [-0.05, 0) is 24.4 Å². The first-order valence-corrected chi connectivity index (χ1v) is 6.09. The molecule has 0 radical (unpaired) electrons. The molecule has 0 aliphatic rings. The van der Waals surface area contributed by atoms with Crippen molar-refractivity contribution in [1.82, 2.24) is 0 Å². The third-order valence-electron chi connectivity index (χ3n) is 1.31. The Bertz CT molecular complexity index is 261. The number of rotatable bonds is 3. The van der Waals surface area contributed by atoms with E-state index in [1.807, 2.05) is 18.2 Å². The van der Waals surface area contributed by atoms with Crippen LogP contribution in [0.5, 0.6) is 0 Å². The molecule has 0 aliphatic carbocycles. The summed E-state index contributed by atoms with van der Waals surface area (Å²) in [6.07, 6.45) is 0. The molecule has 0 saturated heterocycles. The minimum atomic E-state index is 0.600. The molecule has 1 aromatic rings. The molecule has 0 atom stereocenters. The number of thioether (sulfide) groups is 2. The summed E-state index contributed by atoms with van der Waals surface area (Å²) in [7, 11) is 1.60. The Hall–Kier alpha value is -0.190. The molecule has 0 saturated carbocycles. The van der Waals surface area contributed by atoms with Crippen LogP contribution in [0, 0.1) is 0 Å². The van der Waals surface area contributed by atoms with Crippen molar-refractivity contribution >= 4 is 40.1 Å². The van der Waals surface area contributed by atoms with E-state index in [2.05, 4.69) is 12.1 Å². The largest absolute Gasteiger partial charge is 0.482 e. The fourth-order valence-electron chi connectivity index (χ4n) is 0.721. The molecular weight excluding hydrogens is 220 g/mol. The number of ether oxygens (including phenoxy) is 1. The SMILES string of the molecule is COC(=S)SCSc1ccccc1. The van der Waals surface area contributed by atoms with E-state index in [0.717, 1.165) is 5.08 Å². The Labute approximate surface area is 92.2 Å². The van der Waals surface area contributed by atoms with Crippen LogP contribution in [0.25, 0.3) is 0 Å². The van der Waals surface area contributed by atoms with Crippen molar-refractivity contribution < 1.29 is 4.74 Å². The molecule has 0 bridgehead atoms. The molecule has 0 N–H and O–H groups in total.